The first-order valence-electron chi connectivity index (χ1n) is 6.59. The zero-order chi connectivity index (χ0) is 13.7. The van der Waals surface area contributed by atoms with Gasteiger partial charge in [0.15, 0.2) is 0 Å². The van der Waals surface area contributed by atoms with Gasteiger partial charge in [-0.25, -0.2) is 0 Å². The van der Waals surface area contributed by atoms with Gasteiger partial charge >= 0.3 is 5.97 Å². The molecule has 2 N–H and O–H groups in total. The van der Waals surface area contributed by atoms with Crippen molar-refractivity contribution in [2.24, 2.45) is 17.8 Å². The van der Waals surface area contributed by atoms with Crippen molar-refractivity contribution in [1.29, 1.82) is 0 Å². The summed E-state index contributed by atoms with van der Waals surface area (Å²) >= 11 is 0. The molecule has 5 nitrogen and oxygen atoms in total. The molecular formula is C13H24N2O3. The first-order chi connectivity index (χ1) is 8.47. The van der Waals surface area contributed by atoms with E-state index in [1.165, 1.54) is 0 Å². The van der Waals surface area contributed by atoms with Crippen LogP contribution in [0.15, 0.2) is 0 Å². The highest BCUT2D eigenvalue weighted by Gasteiger charge is 2.42. The molecule has 1 fully saturated rings. The van der Waals surface area contributed by atoms with Gasteiger partial charge in [0.1, 0.15) is 0 Å². The number of aliphatic carboxylic acids is 1. The van der Waals surface area contributed by atoms with Crippen molar-refractivity contribution in [1.82, 2.24) is 10.2 Å². The maximum absolute atomic E-state index is 12.2. The number of carbonyl (C=O) groups is 2. The Morgan fingerprint density at radius 2 is 1.94 bits per heavy atom. The normalized spacial score (nSPS) is 27.2. The van der Waals surface area contributed by atoms with E-state index < -0.39 is 11.9 Å². The Hall–Kier alpha value is -1.10. The van der Waals surface area contributed by atoms with Crippen LogP contribution in [0.4, 0.5) is 0 Å². The van der Waals surface area contributed by atoms with Crippen molar-refractivity contribution in [2.45, 2.75) is 26.2 Å². The molecule has 0 spiro atoms. The zero-order valence-corrected chi connectivity index (χ0v) is 11.5. The molecule has 104 valence electrons. The molecule has 0 aromatic carbocycles. The lowest BCUT2D eigenvalue weighted by Crippen LogP contribution is -2.37. The molecule has 0 saturated heterocycles. The topological polar surface area (TPSA) is 69.6 Å². The van der Waals surface area contributed by atoms with Crippen LogP contribution in [0, 0.1) is 17.8 Å². The molecule has 0 aromatic heterocycles. The lowest BCUT2D eigenvalue weighted by Gasteiger charge is -2.23. The largest absolute Gasteiger partial charge is 0.481 e. The molecule has 18 heavy (non-hydrogen) atoms. The van der Waals surface area contributed by atoms with Crippen LogP contribution in [-0.2, 0) is 9.59 Å². The molecule has 1 rings (SSSR count). The Morgan fingerprint density at radius 3 is 2.50 bits per heavy atom. The summed E-state index contributed by atoms with van der Waals surface area (Å²) in [7, 11) is 3.64. The van der Waals surface area contributed by atoms with Gasteiger partial charge in [-0.2, -0.15) is 0 Å². The van der Waals surface area contributed by atoms with E-state index in [2.05, 4.69) is 5.32 Å². The number of amides is 1. The minimum absolute atomic E-state index is 0.0112. The average Bonchev–Trinajstić information content (AvgIpc) is 2.70. The number of rotatable bonds is 6. The van der Waals surface area contributed by atoms with E-state index in [0.717, 1.165) is 13.0 Å². The van der Waals surface area contributed by atoms with Crippen LogP contribution in [0.3, 0.4) is 0 Å². The van der Waals surface area contributed by atoms with Crippen molar-refractivity contribution in [3.8, 4) is 0 Å². The molecule has 5 heteroatoms. The maximum atomic E-state index is 12.2. The van der Waals surface area contributed by atoms with Gasteiger partial charge < -0.3 is 15.3 Å². The third kappa shape index (κ3) is 3.70. The number of nitrogens with one attached hydrogen (secondary N) is 1. The molecule has 1 saturated carbocycles. The lowest BCUT2D eigenvalue weighted by molar-refractivity contribution is -0.148. The lowest BCUT2D eigenvalue weighted by atomic mass is 9.95. The van der Waals surface area contributed by atoms with Gasteiger partial charge in [0.25, 0.3) is 0 Å². The number of nitrogens with zero attached hydrogens (tertiary/aromatic N) is 1. The van der Waals surface area contributed by atoms with Crippen LogP contribution in [0.2, 0.25) is 0 Å². The Balaban J connectivity index is 2.56. The summed E-state index contributed by atoms with van der Waals surface area (Å²) in [6, 6.07) is 0. The monoisotopic (exact) mass is 256 g/mol. The van der Waals surface area contributed by atoms with Crippen LogP contribution in [0.1, 0.15) is 26.2 Å². The molecule has 0 aliphatic heterocycles. The van der Waals surface area contributed by atoms with Gasteiger partial charge in [0, 0.05) is 13.6 Å². The summed E-state index contributed by atoms with van der Waals surface area (Å²) in [6.07, 6.45) is 2.21. The third-order valence-corrected chi connectivity index (χ3v) is 3.73. The highest BCUT2D eigenvalue weighted by molar-refractivity contribution is 5.85. The van der Waals surface area contributed by atoms with Crippen molar-refractivity contribution >= 4 is 11.9 Å². The maximum Gasteiger partial charge on any atom is 0.307 e. The van der Waals surface area contributed by atoms with E-state index in [4.69, 9.17) is 5.11 Å². The highest BCUT2D eigenvalue weighted by Crippen LogP contribution is 2.37. The van der Waals surface area contributed by atoms with Crippen molar-refractivity contribution in [3.05, 3.63) is 0 Å². The molecule has 1 aliphatic rings. The molecule has 0 radical (unpaired) electrons. The molecule has 0 bridgehead atoms. The van der Waals surface area contributed by atoms with Gasteiger partial charge in [-0.1, -0.05) is 6.92 Å². The van der Waals surface area contributed by atoms with Gasteiger partial charge in [0.2, 0.25) is 5.91 Å². The molecule has 1 amide bonds. The van der Waals surface area contributed by atoms with E-state index in [1.54, 1.807) is 11.9 Å². The second-order valence-corrected chi connectivity index (χ2v) is 5.34. The van der Waals surface area contributed by atoms with Gasteiger partial charge in [-0.15, -0.1) is 0 Å². The number of hydrogen-bond acceptors (Lipinski definition) is 3. The summed E-state index contributed by atoms with van der Waals surface area (Å²) in [5.74, 6) is -1.36. The molecule has 3 atom stereocenters. The number of carboxylic acid groups (broad SMARTS) is 1. The Kier molecular flexibility index (Phi) is 5.59. The van der Waals surface area contributed by atoms with E-state index in [0.29, 0.717) is 25.3 Å². The Labute approximate surface area is 109 Å². The van der Waals surface area contributed by atoms with Gasteiger partial charge in [0.05, 0.1) is 11.8 Å². The SMILES string of the molecule is CNCCCN(C)C(=O)C1CC(C)CC1C(=O)O. The van der Waals surface area contributed by atoms with Crippen LogP contribution >= 0.6 is 0 Å². The first-order valence-corrected chi connectivity index (χ1v) is 6.59. The summed E-state index contributed by atoms with van der Waals surface area (Å²) < 4.78 is 0. The Morgan fingerprint density at radius 1 is 1.33 bits per heavy atom. The van der Waals surface area contributed by atoms with E-state index in [-0.39, 0.29) is 11.8 Å². The smallest absolute Gasteiger partial charge is 0.307 e. The molecule has 3 unspecified atom stereocenters. The summed E-state index contributed by atoms with van der Waals surface area (Å²) in [6.45, 7) is 3.56. The van der Waals surface area contributed by atoms with Crippen LogP contribution in [0.25, 0.3) is 0 Å². The molecule has 0 aromatic rings. The summed E-state index contributed by atoms with van der Waals surface area (Å²) in [5, 5.41) is 12.2. The number of carboxylic acids is 1. The van der Waals surface area contributed by atoms with Crippen molar-refractivity contribution in [2.75, 3.05) is 27.2 Å². The van der Waals surface area contributed by atoms with Gasteiger partial charge in [-0.05, 0) is 38.8 Å². The van der Waals surface area contributed by atoms with E-state index in [1.807, 2.05) is 14.0 Å². The fourth-order valence-corrected chi connectivity index (χ4v) is 2.72. The molecule has 0 heterocycles. The highest BCUT2D eigenvalue weighted by atomic mass is 16.4. The van der Waals surface area contributed by atoms with Crippen LogP contribution in [-0.4, -0.2) is 49.1 Å². The minimum Gasteiger partial charge on any atom is -0.481 e. The van der Waals surface area contributed by atoms with Crippen molar-refractivity contribution in [3.63, 3.8) is 0 Å². The summed E-state index contributed by atoms with van der Waals surface area (Å²) in [4.78, 5) is 25.1. The van der Waals surface area contributed by atoms with E-state index >= 15 is 0 Å². The second kappa shape index (κ2) is 6.73. The minimum atomic E-state index is -0.832. The quantitative estimate of drug-likeness (QED) is 0.690. The molecule has 1 aliphatic carbocycles. The zero-order valence-electron chi connectivity index (χ0n) is 11.5. The van der Waals surface area contributed by atoms with Crippen LogP contribution in [0.5, 0.6) is 0 Å². The fraction of sp³-hybridized carbons (Fsp3) is 0.846. The van der Waals surface area contributed by atoms with Gasteiger partial charge in [-0.3, -0.25) is 9.59 Å². The predicted octanol–water partition coefficient (Wildman–Crippen LogP) is 0.801. The Bertz CT molecular complexity index is 307. The average molecular weight is 256 g/mol. The standard InChI is InChI=1S/C13H24N2O3/c1-9-7-10(11(8-9)13(17)18)12(16)15(3)6-4-5-14-2/h9-11,14H,4-8H2,1-3H3,(H,17,18). The summed E-state index contributed by atoms with van der Waals surface area (Å²) in [5.41, 5.74) is 0. The van der Waals surface area contributed by atoms with E-state index in [9.17, 15) is 9.59 Å². The first kappa shape index (κ1) is 15.0. The molecular weight excluding hydrogens is 232 g/mol. The fourth-order valence-electron chi connectivity index (χ4n) is 2.72. The predicted molar refractivity (Wildman–Crippen MR) is 69.2 cm³/mol. The number of hydrogen-bond donors (Lipinski definition) is 2. The number of carbonyl (C=O) groups excluding carboxylic acids is 1. The third-order valence-electron chi connectivity index (χ3n) is 3.73. The van der Waals surface area contributed by atoms with Crippen molar-refractivity contribution < 1.29 is 14.7 Å². The second-order valence-electron chi connectivity index (χ2n) is 5.34. The van der Waals surface area contributed by atoms with Crippen LogP contribution < -0.4 is 5.32 Å².